The van der Waals surface area contributed by atoms with Crippen LogP contribution in [0.2, 0.25) is 0 Å². The first-order valence-corrected chi connectivity index (χ1v) is 10.7. The fraction of sp³-hybridized carbons (Fsp3) is 0.250. The summed E-state index contributed by atoms with van der Waals surface area (Å²) < 4.78 is 5.86. The number of rotatable bonds is 3. The van der Waals surface area contributed by atoms with Gasteiger partial charge in [-0.3, -0.25) is 0 Å². The molecule has 154 valence electrons. The predicted octanol–water partition coefficient (Wildman–Crippen LogP) is 4.07. The van der Waals surface area contributed by atoms with Gasteiger partial charge in [-0.15, -0.1) is 15.3 Å². The van der Waals surface area contributed by atoms with Crippen molar-refractivity contribution in [1.29, 1.82) is 0 Å². The normalized spacial score (nSPS) is 14.8. The summed E-state index contributed by atoms with van der Waals surface area (Å²) in [7, 11) is 0. The summed E-state index contributed by atoms with van der Waals surface area (Å²) in [5, 5.41) is 23.9. The third-order valence-electron chi connectivity index (χ3n) is 6.03. The van der Waals surface area contributed by atoms with Crippen LogP contribution in [0.5, 0.6) is 0 Å². The van der Waals surface area contributed by atoms with Crippen LogP contribution in [0.4, 0.5) is 11.7 Å². The second-order valence-electron chi connectivity index (χ2n) is 8.06. The lowest BCUT2D eigenvalue weighted by Gasteiger charge is -2.17. The van der Waals surface area contributed by atoms with E-state index >= 15 is 0 Å². The van der Waals surface area contributed by atoms with Crippen molar-refractivity contribution in [3.8, 4) is 22.8 Å². The molecule has 2 aromatic carbocycles. The average molecular weight is 410 g/mol. The highest BCUT2D eigenvalue weighted by Crippen LogP contribution is 2.32. The first kappa shape index (κ1) is 18.2. The van der Waals surface area contributed by atoms with E-state index in [0.29, 0.717) is 17.6 Å². The summed E-state index contributed by atoms with van der Waals surface area (Å²) in [6.45, 7) is 1.92. The van der Waals surface area contributed by atoms with E-state index in [1.54, 1.807) is 0 Å². The van der Waals surface area contributed by atoms with Crippen molar-refractivity contribution >= 4 is 11.7 Å². The molecular formula is C24H22N6O. The summed E-state index contributed by atoms with van der Waals surface area (Å²) >= 11 is 0. The molecule has 1 aliphatic heterocycles. The van der Waals surface area contributed by atoms with Crippen molar-refractivity contribution in [3.05, 3.63) is 70.8 Å². The number of hydrogen-bond acceptors (Lipinski definition) is 7. The monoisotopic (exact) mass is 410 g/mol. The third kappa shape index (κ3) is 3.47. The first-order valence-electron chi connectivity index (χ1n) is 10.7. The Labute approximate surface area is 179 Å². The van der Waals surface area contributed by atoms with Crippen molar-refractivity contribution in [3.63, 3.8) is 0 Å². The smallest absolute Gasteiger partial charge is 0.320 e. The molecule has 0 radical (unpaired) electrons. The van der Waals surface area contributed by atoms with Gasteiger partial charge in [-0.1, -0.05) is 35.4 Å². The molecule has 1 aliphatic carbocycles. The van der Waals surface area contributed by atoms with Crippen LogP contribution in [0, 0.1) is 0 Å². The van der Waals surface area contributed by atoms with Gasteiger partial charge in [0.05, 0.1) is 5.69 Å². The van der Waals surface area contributed by atoms with Crippen LogP contribution in [0.25, 0.3) is 22.8 Å². The number of nitrogens with one attached hydrogen (secondary N) is 2. The Morgan fingerprint density at radius 1 is 0.806 bits per heavy atom. The lowest BCUT2D eigenvalue weighted by Crippen LogP contribution is -2.23. The summed E-state index contributed by atoms with van der Waals surface area (Å²) in [5.74, 6) is 0.373. The largest absolute Gasteiger partial charge is 0.401 e. The van der Waals surface area contributed by atoms with Gasteiger partial charge < -0.3 is 15.1 Å². The lowest BCUT2D eigenvalue weighted by atomic mass is 10.0. The molecule has 7 heteroatoms. The zero-order valence-electron chi connectivity index (χ0n) is 17.1. The van der Waals surface area contributed by atoms with Crippen LogP contribution in [-0.4, -0.2) is 26.9 Å². The standard InChI is InChI=1S/C24H22N6O/c1-2-7-20-15(4-1)5-3-6-17-13-21(27-28-22(17)20)23-29-30-24(31-23)26-19-9-8-18-14-25-11-10-16(18)12-19/h1-2,4,7-9,12-13,25H,3,5-6,10-11,14H2,(H,26,30). The third-order valence-corrected chi connectivity index (χ3v) is 6.03. The van der Waals surface area contributed by atoms with Gasteiger partial charge in [0.1, 0.15) is 0 Å². The van der Waals surface area contributed by atoms with Crippen LogP contribution >= 0.6 is 0 Å². The van der Waals surface area contributed by atoms with E-state index < -0.39 is 0 Å². The maximum absolute atomic E-state index is 5.86. The van der Waals surface area contributed by atoms with Gasteiger partial charge in [0.15, 0.2) is 5.69 Å². The van der Waals surface area contributed by atoms with Gasteiger partial charge in [-0.05, 0) is 72.7 Å². The maximum atomic E-state index is 5.86. The van der Waals surface area contributed by atoms with Crippen molar-refractivity contribution in [2.75, 3.05) is 11.9 Å². The summed E-state index contributed by atoms with van der Waals surface area (Å²) in [6.07, 6.45) is 4.11. The van der Waals surface area contributed by atoms with E-state index in [0.717, 1.165) is 50.2 Å². The molecule has 0 atom stereocenters. The summed E-state index contributed by atoms with van der Waals surface area (Å²) in [4.78, 5) is 0. The van der Waals surface area contributed by atoms with E-state index in [1.165, 1.54) is 27.8 Å². The van der Waals surface area contributed by atoms with E-state index in [1.807, 2.05) is 12.1 Å². The molecule has 2 N–H and O–H groups in total. The van der Waals surface area contributed by atoms with E-state index in [2.05, 4.69) is 67.4 Å². The highest BCUT2D eigenvalue weighted by Gasteiger charge is 2.19. The Balaban J connectivity index is 1.27. The molecular weight excluding hydrogens is 388 g/mol. The molecule has 6 rings (SSSR count). The fourth-order valence-electron chi connectivity index (χ4n) is 4.45. The Bertz CT molecular complexity index is 1260. The van der Waals surface area contributed by atoms with Gasteiger partial charge in [-0.25, -0.2) is 0 Å². The molecule has 31 heavy (non-hydrogen) atoms. The van der Waals surface area contributed by atoms with Gasteiger partial charge in [0.2, 0.25) is 0 Å². The molecule has 0 fully saturated rings. The van der Waals surface area contributed by atoms with Gasteiger partial charge >= 0.3 is 6.01 Å². The zero-order chi connectivity index (χ0) is 20.6. The first-order chi connectivity index (χ1) is 15.3. The average Bonchev–Trinajstić information content (AvgIpc) is 3.19. The molecule has 0 spiro atoms. The van der Waals surface area contributed by atoms with Crippen molar-refractivity contribution in [2.24, 2.45) is 0 Å². The second-order valence-corrected chi connectivity index (χ2v) is 8.06. The predicted molar refractivity (Wildman–Crippen MR) is 118 cm³/mol. The highest BCUT2D eigenvalue weighted by atomic mass is 16.4. The van der Waals surface area contributed by atoms with Gasteiger partial charge in [0, 0.05) is 17.8 Å². The molecule has 2 aromatic heterocycles. The van der Waals surface area contributed by atoms with E-state index in [-0.39, 0.29) is 0 Å². The number of benzene rings is 2. The minimum Gasteiger partial charge on any atom is -0.401 e. The fourth-order valence-corrected chi connectivity index (χ4v) is 4.45. The molecule has 7 nitrogen and oxygen atoms in total. The van der Waals surface area contributed by atoms with E-state index in [9.17, 15) is 0 Å². The minimum atomic E-state index is 0.353. The molecule has 0 unspecified atom stereocenters. The Morgan fingerprint density at radius 2 is 1.74 bits per heavy atom. The SMILES string of the molecule is c1ccc2c(c1)CCCc1cc(-c3nnc(Nc4ccc5c(c4)CCNC5)o3)nnc1-2. The topological polar surface area (TPSA) is 88.8 Å². The molecule has 0 saturated carbocycles. The summed E-state index contributed by atoms with van der Waals surface area (Å²) in [5.41, 5.74) is 8.86. The molecule has 0 amide bonds. The Kier molecular flexibility index (Phi) is 4.46. The summed E-state index contributed by atoms with van der Waals surface area (Å²) in [6, 6.07) is 17.1. The molecule has 3 heterocycles. The van der Waals surface area contributed by atoms with Crippen LogP contribution in [0.15, 0.2) is 52.9 Å². The Morgan fingerprint density at radius 3 is 2.74 bits per heavy atom. The van der Waals surface area contributed by atoms with Crippen molar-refractivity contribution < 1.29 is 4.42 Å². The highest BCUT2D eigenvalue weighted by molar-refractivity contribution is 5.69. The van der Waals surface area contributed by atoms with Crippen LogP contribution in [0.3, 0.4) is 0 Å². The molecule has 2 aliphatic rings. The number of nitrogens with zero attached hydrogens (tertiary/aromatic N) is 4. The Hall–Kier alpha value is -3.58. The van der Waals surface area contributed by atoms with Crippen LogP contribution in [0.1, 0.15) is 28.7 Å². The van der Waals surface area contributed by atoms with Gasteiger partial charge in [-0.2, -0.15) is 0 Å². The van der Waals surface area contributed by atoms with Crippen LogP contribution < -0.4 is 10.6 Å². The quantitative estimate of drug-likeness (QED) is 0.526. The minimum absolute atomic E-state index is 0.353. The molecule has 0 bridgehead atoms. The molecule has 4 aromatic rings. The van der Waals surface area contributed by atoms with Gasteiger partial charge in [0.25, 0.3) is 5.89 Å². The van der Waals surface area contributed by atoms with Crippen molar-refractivity contribution in [2.45, 2.75) is 32.2 Å². The second kappa shape index (κ2) is 7.59. The van der Waals surface area contributed by atoms with Crippen molar-refractivity contribution in [1.82, 2.24) is 25.7 Å². The maximum Gasteiger partial charge on any atom is 0.320 e. The number of aromatic nitrogens is 4. The lowest BCUT2D eigenvalue weighted by molar-refractivity contribution is 0.583. The number of aryl methyl sites for hydroxylation is 2. The molecule has 0 saturated heterocycles. The number of fused-ring (bicyclic) bond motifs is 4. The van der Waals surface area contributed by atoms with Crippen LogP contribution in [-0.2, 0) is 25.8 Å². The number of hydrogen-bond donors (Lipinski definition) is 2. The number of anilines is 2. The van der Waals surface area contributed by atoms with E-state index in [4.69, 9.17) is 4.42 Å². The zero-order valence-corrected chi connectivity index (χ0v) is 17.1.